The molecule has 0 saturated heterocycles. The van der Waals surface area contributed by atoms with Crippen molar-refractivity contribution in [3.8, 4) is 6.07 Å². The van der Waals surface area contributed by atoms with Crippen molar-refractivity contribution in [1.29, 1.82) is 5.26 Å². The van der Waals surface area contributed by atoms with E-state index in [2.05, 4.69) is 5.32 Å². The Morgan fingerprint density at radius 1 is 1.40 bits per heavy atom. The number of aliphatic carboxylic acids is 1. The van der Waals surface area contributed by atoms with E-state index >= 15 is 0 Å². The van der Waals surface area contributed by atoms with Crippen molar-refractivity contribution in [2.45, 2.75) is 33.2 Å². The van der Waals surface area contributed by atoms with Gasteiger partial charge >= 0.3 is 5.97 Å². The highest BCUT2D eigenvalue weighted by molar-refractivity contribution is 6.01. The second kappa shape index (κ2) is 5.81. The fraction of sp³-hybridized carbons (Fsp3) is 0.500. The first-order valence-corrected chi connectivity index (χ1v) is 4.48. The Labute approximate surface area is 88.4 Å². The Hall–Kier alpha value is -1.83. The number of nitriles is 1. The van der Waals surface area contributed by atoms with Crippen LogP contribution in [0.1, 0.15) is 27.2 Å². The van der Waals surface area contributed by atoms with Gasteiger partial charge in [-0.3, -0.25) is 4.79 Å². The summed E-state index contributed by atoms with van der Waals surface area (Å²) in [5.74, 6) is -1.56. The zero-order valence-corrected chi connectivity index (χ0v) is 9.00. The van der Waals surface area contributed by atoms with Crippen molar-refractivity contribution in [3.05, 3.63) is 11.1 Å². The predicted molar refractivity (Wildman–Crippen MR) is 53.8 cm³/mol. The highest BCUT2D eigenvalue weighted by Crippen LogP contribution is 2.04. The van der Waals surface area contributed by atoms with Gasteiger partial charge in [0.05, 0.1) is 12.5 Å². The van der Waals surface area contributed by atoms with Crippen LogP contribution in [0.2, 0.25) is 0 Å². The van der Waals surface area contributed by atoms with Crippen LogP contribution in [0.4, 0.5) is 0 Å². The van der Waals surface area contributed by atoms with Gasteiger partial charge < -0.3 is 10.4 Å². The molecule has 0 aliphatic heterocycles. The van der Waals surface area contributed by atoms with Gasteiger partial charge in [-0.05, 0) is 20.8 Å². The number of amides is 1. The maximum Gasteiger partial charge on any atom is 0.331 e. The van der Waals surface area contributed by atoms with Crippen molar-refractivity contribution >= 4 is 11.9 Å². The molecule has 0 fully saturated rings. The Morgan fingerprint density at radius 3 is 2.33 bits per heavy atom. The fourth-order valence-electron chi connectivity index (χ4n) is 0.851. The molecule has 0 aromatic carbocycles. The van der Waals surface area contributed by atoms with E-state index in [1.165, 1.54) is 13.8 Å². The van der Waals surface area contributed by atoms with Gasteiger partial charge in [-0.15, -0.1) is 0 Å². The minimum atomic E-state index is -1.12. The van der Waals surface area contributed by atoms with Gasteiger partial charge in [-0.2, -0.15) is 5.26 Å². The third-order valence-electron chi connectivity index (χ3n) is 2.00. The summed E-state index contributed by atoms with van der Waals surface area (Å²) in [6.45, 7) is 4.49. The first-order valence-electron chi connectivity index (χ1n) is 4.48. The second-order valence-electron chi connectivity index (χ2n) is 3.29. The lowest BCUT2D eigenvalue weighted by atomic mass is 10.1. The Balaban J connectivity index is 4.55. The molecule has 0 aliphatic carbocycles. The number of carbonyl (C=O) groups is 2. The van der Waals surface area contributed by atoms with Crippen LogP contribution in [0.3, 0.4) is 0 Å². The van der Waals surface area contributed by atoms with E-state index in [1.54, 1.807) is 6.92 Å². The maximum atomic E-state index is 11.4. The number of nitrogens with one attached hydrogen (secondary N) is 1. The number of hydrogen-bond acceptors (Lipinski definition) is 3. The molecule has 0 radical (unpaired) electrons. The number of carbonyl (C=O) groups excluding carboxylic acids is 1. The highest BCUT2D eigenvalue weighted by atomic mass is 16.4. The van der Waals surface area contributed by atoms with Gasteiger partial charge in [0.2, 0.25) is 5.91 Å². The summed E-state index contributed by atoms with van der Waals surface area (Å²) >= 11 is 0. The van der Waals surface area contributed by atoms with Crippen LogP contribution in [0.25, 0.3) is 0 Å². The van der Waals surface area contributed by atoms with Crippen LogP contribution in [0, 0.1) is 11.3 Å². The molecule has 0 rings (SSSR count). The van der Waals surface area contributed by atoms with Crippen LogP contribution >= 0.6 is 0 Å². The minimum absolute atomic E-state index is 0.0108. The molecule has 5 heteroatoms. The zero-order valence-electron chi connectivity index (χ0n) is 9.00. The van der Waals surface area contributed by atoms with Gasteiger partial charge in [0.15, 0.2) is 0 Å². The Bertz CT molecular complexity index is 339. The van der Waals surface area contributed by atoms with Crippen molar-refractivity contribution in [1.82, 2.24) is 5.32 Å². The standard InChI is InChI=1S/C10H14N2O3/c1-6(4-5-11)12-9(13)7(2)8(3)10(14)15/h6H,4H2,1-3H3,(H,12,13)(H,14,15). The van der Waals surface area contributed by atoms with E-state index in [0.29, 0.717) is 0 Å². The number of rotatable bonds is 4. The summed E-state index contributed by atoms with van der Waals surface area (Å²) < 4.78 is 0. The topological polar surface area (TPSA) is 90.2 Å². The SMILES string of the molecule is CC(C(=O)O)=C(C)C(=O)NC(C)CC#N. The van der Waals surface area contributed by atoms with Crippen LogP contribution in [-0.4, -0.2) is 23.0 Å². The summed E-state index contributed by atoms with van der Waals surface area (Å²) in [7, 11) is 0. The maximum absolute atomic E-state index is 11.4. The summed E-state index contributed by atoms with van der Waals surface area (Å²) in [6.07, 6.45) is 0.200. The third-order valence-corrected chi connectivity index (χ3v) is 2.00. The van der Waals surface area contributed by atoms with E-state index in [-0.39, 0.29) is 23.6 Å². The minimum Gasteiger partial charge on any atom is -0.478 e. The van der Waals surface area contributed by atoms with Gasteiger partial charge in [0.25, 0.3) is 0 Å². The van der Waals surface area contributed by atoms with E-state index in [9.17, 15) is 9.59 Å². The quantitative estimate of drug-likeness (QED) is 0.672. The monoisotopic (exact) mass is 210 g/mol. The molecular formula is C10H14N2O3. The predicted octanol–water partition coefficient (Wildman–Crippen LogP) is 0.826. The number of nitrogens with zero attached hydrogens (tertiary/aromatic N) is 1. The van der Waals surface area contributed by atoms with Crippen LogP contribution in [-0.2, 0) is 9.59 Å². The molecule has 2 N–H and O–H groups in total. The largest absolute Gasteiger partial charge is 0.478 e. The van der Waals surface area contributed by atoms with Gasteiger partial charge in [0, 0.05) is 17.2 Å². The molecule has 1 unspecified atom stereocenters. The summed E-state index contributed by atoms with van der Waals surface area (Å²) in [4.78, 5) is 22.0. The zero-order chi connectivity index (χ0) is 12.0. The van der Waals surface area contributed by atoms with Crippen molar-refractivity contribution in [3.63, 3.8) is 0 Å². The molecule has 0 aromatic rings. The summed E-state index contributed by atoms with van der Waals surface area (Å²) in [5.41, 5.74) is 0.170. The molecule has 0 heterocycles. The average Bonchev–Trinajstić information content (AvgIpc) is 2.15. The van der Waals surface area contributed by atoms with Crippen molar-refractivity contribution in [2.24, 2.45) is 0 Å². The number of hydrogen-bond donors (Lipinski definition) is 2. The van der Waals surface area contributed by atoms with E-state index in [1.807, 2.05) is 6.07 Å². The first kappa shape index (κ1) is 13.2. The average molecular weight is 210 g/mol. The summed E-state index contributed by atoms with van der Waals surface area (Å²) in [6, 6.07) is 1.64. The highest BCUT2D eigenvalue weighted by Gasteiger charge is 2.14. The fourth-order valence-corrected chi connectivity index (χ4v) is 0.851. The van der Waals surface area contributed by atoms with Crippen molar-refractivity contribution < 1.29 is 14.7 Å². The lowest BCUT2D eigenvalue weighted by Crippen LogP contribution is -2.33. The molecule has 0 aliphatic rings. The third kappa shape index (κ3) is 4.27. The Kier molecular flexibility index (Phi) is 5.10. The molecule has 0 spiro atoms. The molecule has 0 saturated carbocycles. The molecular weight excluding hydrogens is 196 g/mol. The van der Waals surface area contributed by atoms with Gasteiger partial charge in [0.1, 0.15) is 0 Å². The molecule has 1 atom stereocenters. The number of carboxylic acids is 1. The number of carboxylic acid groups (broad SMARTS) is 1. The van der Waals surface area contributed by atoms with Gasteiger partial charge in [-0.25, -0.2) is 4.79 Å². The normalized spacial score (nSPS) is 13.5. The Morgan fingerprint density at radius 2 is 1.93 bits per heavy atom. The molecule has 0 bridgehead atoms. The molecule has 82 valence electrons. The summed E-state index contributed by atoms with van der Waals surface area (Å²) in [5, 5.41) is 19.6. The van der Waals surface area contributed by atoms with Crippen LogP contribution < -0.4 is 5.32 Å². The molecule has 1 amide bonds. The van der Waals surface area contributed by atoms with E-state index in [4.69, 9.17) is 10.4 Å². The first-order chi connectivity index (χ1) is 6.90. The lowest BCUT2D eigenvalue weighted by molar-refractivity contribution is -0.133. The van der Waals surface area contributed by atoms with E-state index < -0.39 is 11.9 Å². The van der Waals surface area contributed by atoms with Crippen molar-refractivity contribution in [2.75, 3.05) is 0 Å². The van der Waals surface area contributed by atoms with Gasteiger partial charge in [-0.1, -0.05) is 0 Å². The van der Waals surface area contributed by atoms with E-state index in [0.717, 1.165) is 0 Å². The molecule has 15 heavy (non-hydrogen) atoms. The molecule has 5 nitrogen and oxygen atoms in total. The second-order valence-corrected chi connectivity index (χ2v) is 3.29. The lowest BCUT2D eigenvalue weighted by Gasteiger charge is -2.11. The smallest absolute Gasteiger partial charge is 0.331 e. The van der Waals surface area contributed by atoms with Crippen LogP contribution in [0.15, 0.2) is 11.1 Å². The van der Waals surface area contributed by atoms with Crippen LogP contribution in [0.5, 0.6) is 0 Å². The molecule has 0 aromatic heterocycles.